The van der Waals surface area contributed by atoms with Crippen LogP contribution in [-0.4, -0.2) is 47.8 Å². The molecule has 1 saturated heterocycles. The lowest BCUT2D eigenvalue weighted by atomic mass is 9.86. The van der Waals surface area contributed by atoms with E-state index in [9.17, 15) is 5.11 Å². The van der Waals surface area contributed by atoms with E-state index >= 15 is 0 Å². The van der Waals surface area contributed by atoms with E-state index in [0.717, 1.165) is 6.54 Å². The van der Waals surface area contributed by atoms with Crippen molar-refractivity contribution < 1.29 is 5.11 Å². The summed E-state index contributed by atoms with van der Waals surface area (Å²) in [6.45, 7) is 10.1. The average Bonchev–Trinajstić information content (AvgIpc) is 2.87. The molecule has 2 N–H and O–H groups in total. The molecule has 2 rings (SSSR count). The SMILES string of the molecule is CC(C)NCC(C)(O)CN1CCC2(CCCC2)C1. The van der Waals surface area contributed by atoms with Gasteiger partial charge >= 0.3 is 0 Å². The predicted molar refractivity (Wildman–Crippen MR) is 75.7 cm³/mol. The molecule has 18 heavy (non-hydrogen) atoms. The fraction of sp³-hybridized carbons (Fsp3) is 1.00. The minimum absolute atomic E-state index is 0.441. The van der Waals surface area contributed by atoms with Crippen LogP contribution in [0.5, 0.6) is 0 Å². The maximum absolute atomic E-state index is 10.5. The van der Waals surface area contributed by atoms with E-state index in [0.29, 0.717) is 18.0 Å². The molecular weight excluding hydrogens is 224 g/mol. The van der Waals surface area contributed by atoms with Crippen molar-refractivity contribution in [2.75, 3.05) is 26.2 Å². The van der Waals surface area contributed by atoms with Crippen LogP contribution in [0.15, 0.2) is 0 Å². The van der Waals surface area contributed by atoms with E-state index in [2.05, 4.69) is 24.1 Å². The maximum Gasteiger partial charge on any atom is 0.0869 e. The Bertz CT molecular complexity index is 270. The molecule has 106 valence electrons. The summed E-state index contributed by atoms with van der Waals surface area (Å²) in [5, 5.41) is 13.8. The van der Waals surface area contributed by atoms with Crippen LogP contribution in [0.1, 0.15) is 52.9 Å². The van der Waals surface area contributed by atoms with Gasteiger partial charge in [0.05, 0.1) is 5.60 Å². The van der Waals surface area contributed by atoms with Crippen molar-refractivity contribution >= 4 is 0 Å². The lowest BCUT2D eigenvalue weighted by molar-refractivity contribution is 0.0223. The van der Waals surface area contributed by atoms with Crippen LogP contribution in [0, 0.1) is 5.41 Å². The average molecular weight is 254 g/mol. The Morgan fingerprint density at radius 2 is 1.94 bits per heavy atom. The van der Waals surface area contributed by atoms with Gasteiger partial charge in [-0.15, -0.1) is 0 Å². The lowest BCUT2D eigenvalue weighted by Crippen LogP contribution is -2.48. The number of aliphatic hydroxyl groups is 1. The summed E-state index contributed by atoms with van der Waals surface area (Å²) >= 11 is 0. The first-order valence-electron chi connectivity index (χ1n) is 7.59. The molecule has 0 amide bonds. The van der Waals surface area contributed by atoms with Gasteiger partial charge in [-0.1, -0.05) is 26.7 Å². The summed E-state index contributed by atoms with van der Waals surface area (Å²) in [6.07, 6.45) is 7.00. The van der Waals surface area contributed by atoms with E-state index in [1.807, 2.05) is 6.92 Å². The Labute approximate surface area is 112 Å². The quantitative estimate of drug-likeness (QED) is 0.788. The van der Waals surface area contributed by atoms with Crippen LogP contribution in [-0.2, 0) is 0 Å². The van der Waals surface area contributed by atoms with Crippen molar-refractivity contribution in [1.82, 2.24) is 10.2 Å². The molecular formula is C15H30N2O. The Balaban J connectivity index is 1.79. The molecule has 1 unspecified atom stereocenters. The van der Waals surface area contributed by atoms with Crippen LogP contribution in [0.2, 0.25) is 0 Å². The highest BCUT2D eigenvalue weighted by atomic mass is 16.3. The molecule has 0 aromatic rings. The van der Waals surface area contributed by atoms with Gasteiger partial charge in [0.25, 0.3) is 0 Å². The van der Waals surface area contributed by atoms with Crippen molar-refractivity contribution in [1.29, 1.82) is 0 Å². The summed E-state index contributed by atoms with van der Waals surface area (Å²) in [4.78, 5) is 2.48. The summed E-state index contributed by atoms with van der Waals surface area (Å²) in [5.41, 5.74) is 0.00988. The number of nitrogens with zero attached hydrogens (tertiary/aromatic N) is 1. The number of hydrogen-bond acceptors (Lipinski definition) is 3. The highest BCUT2D eigenvalue weighted by Gasteiger charge is 2.41. The van der Waals surface area contributed by atoms with E-state index in [1.54, 1.807) is 0 Å². The predicted octanol–water partition coefficient (Wildman–Crippen LogP) is 2.00. The van der Waals surface area contributed by atoms with Crippen LogP contribution >= 0.6 is 0 Å². The van der Waals surface area contributed by atoms with Crippen LogP contribution in [0.4, 0.5) is 0 Å². The van der Waals surface area contributed by atoms with E-state index in [-0.39, 0.29) is 0 Å². The Kier molecular flexibility index (Phi) is 4.35. The number of likely N-dealkylation sites (tertiary alicyclic amines) is 1. The molecule has 0 aromatic carbocycles. The molecule has 2 fully saturated rings. The van der Waals surface area contributed by atoms with Gasteiger partial charge in [0.15, 0.2) is 0 Å². The summed E-state index contributed by atoms with van der Waals surface area (Å²) in [6, 6.07) is 0.441. The minimum Gasteiger partial charge on any atom is -0.388 e. The third-order valence-electron chi connectivity index (χ3n) is 4.64. The first-order valence-corrected chi connectivity index (χ1v) is 7.59. The number of β-amino-alcohol motifs (C(OH)–C–C–N with tert-alkyl or cyclic N) is 1. The molecule has 1 spiro atoms. The third-order valence-corrected chi connectivity index (χ3v) is 4.64. The second-order valence-corrected chi connectivity index (χ2v) is 7.20. The van der Waals surface area contributed by atoms with Crippen molar-refractivity contribution in [3.05, 3.63) is 0 Å². The first-order chi connectivity index (χ1) is 8.41. The van der Waals surface area contributed by atoms with Gasteiger partial charge in [0, 0.05) is 25.7 Å². The highest BCUT2D eigenvalue weighted by molar-refractivity contribution is 4.95. The minimum atomic E-state index is -0.603. The molecule has 2 aliphatic rings. The second kappa shape index (κ2) is 5.48. The molecule has 1 atom stereocenters. The molecule has 0 radical (unpaired) electrons. The van der Waals surface area contributed by atoms with Gasteiger partial charge < -0.3 is 10.4 Å². The number of nitrogens with one attached hydrogen (secondary N) is 1. The standard InChI is InChI=1S/C15H30N2O/c1-13(2)16-10-14(3,18)11-17-9-8-15(12-17)6-4-5-7-15/h13,16,18H,4-12H2,1-3H3. The second-order valence-electron chi connectivity index (χ2n) is 7.20. The molecule has 0 bridgehead atoms. The van der Waals surface area contributed by atoms with E-state index in [1.165, 1.54) is 45.2 Å². The monoisotopic (exact) mass is 254 g/mol. The zero-order chi connectivity index (χ0) is 13.2. The number of hydrogen-bond donors (Lipinski definition) is 2. The van der Waals surface area contributed by atoms with E-state index < -0.39 is 5.60 Å². The molecule has 3 nitrogen and oxygen atoms in total. The third kappa shape index (κ3) is 3.69. The van der Waals surface area contributed by atoms with Crippen LogP contribution in [0.3, 0.4) is 0 Å². The molecule has 1 aliphatic carbocycles. The zero-order valence-corrected chi connectivity index (χ0v) is 12.3. The number of rotatable bonds is 5. The Morgan fingerprint density at radius 1 is 1.28 bits per heavy atom. The van der Waals surface area contributed by atoms with Crippen LogP contribution in [0.25, 0.3) is 0 Å². The summed E-state index contributed by atoms with van der Waals surface area (Å²) < 4.78 is 0. The normalized spacial score (nSPS) is 27.2. The van der Waals surface area contributed by atoms with Gasteiger partial charge in [-0.25, -0.2) is 0 Å². The van der Waals surface area contributed by atoms with E-state index in [4.69, 9.17) is 0 Å². The van der Waals surface area contributed by atoms with Gasteiger partial charge in [-0.2, -0.15) is 0 Å². The maximum atomic E-state index is 10.5. The van der Waals surface area contributed by atoms with Crippen molar-refractivity contribution in [2.45, 2.75) is 64.5 Å². The highest BCUT2D eigenvalue weighted by Crippen LogP contribution is 2.45. The fourth-order valence-corrected chi connectivity index (χ4v) is 3.66. The molecule has 1 saturated carbocycles. The van der Waals surface area contributed by atoms with Gasteiger partial charge in [0.1, 0.15) is 0 Å². The van der Waals surface area contributed by atoms with Crippen LogP contribution < -0.4 is 5.32 Å². The molecule has 0 aromatic heterocycles. The molecule has 3 heteroatoms. The summed E-state index contributed by atoms with van der Waals surface area (Å²) in [5.74, 6) is 0. The molecule has 1 heterocycles. The smallest absolute Gasteiger partial charge is 0.0869 e. The molecule has 1 aliphatic heterocycles. The van der Waals surface area contributed by atoms with Gasteiger partial charge in [-0.3, -0.25) is 4.90 Å². The largest absolute Gasteiger partial charge is 0.388 e. The first kappa shape index (κ1) is 14.3. The Morgan fingerprint density at radius 3 is 2.56 bits per heavy atom. The van der Waals surface area contributed by atoms with Crippen molar-refractivity contribution in [3.63, 3.8) is 0 Å². The van der Waals surface area contributed by atoms with Crippen molar-refractivity contribution in [2.24, 2.45) is 5.41 Å². The summed E-state index contributed by atoms with van der Waals surface area (Å²) in [7, 11) is 0. The van der Waals surface area contributed by atoms with Gasteiger partial charge in [0.2, 0.25) is 0 Å². The Hall–Kier alpha value is -0.120. The fourth-order valence-electron chi connectivity index (χ4n) is 3.66. The van der Waals surface area contributed by atoms with Gasteiger partial charge in [-0.05, 0) is 38.1 Å². The lowest BCUT2D eigenvalue weighted by Gasteiger charge is -2.31. The van der Waals surface area contributed by atoms with Crippen molar-refractivity contribution in [3.8, 4) is 0 Å². The zero-order valence-electron chi connectivity index (χ0n) is 12.3. The topological polar surface area (TPSA) is 35.5 Å².